The summed E-state index contributed by atoms with van der Waals surface area (Å²) < 4.78 is 0.912. The molecular weight excluding hydrogens is 398 g/mol. The van der Waals surface area contributed by atoms with E-state index >= 15 is 0 Å². The van der Waals surface area contributed by atoms with Crippen molar-refractivity contribution in [2.75, 3.05) is 5.32 Å². The molecule has 3 amide bonds. The van der Waals surface area contributed by atoms with Crippen LogP contribution in [0.4, 0.5) is 5.13 Å². The van der Waals surface area contributed by atoms with Crippen molar-refractivity contribution in [3.63, 3.8) is 0 Å². The molecule has 2 fully saturated rings. The van der Waals surface area contributed by atoms with Gasteiger partial charge in [0.05, 0.1) is 22.1 Å². The number of rotatable bonds is 3. The molecule has 2 aliphatic carbocycles. The van der Waals surface area contributed by atoms with Gasteiger partial charge >= 0.3 is 0 Å². The van der Waals surface area contributed by atoms with Crippen LogP contribution in [0.15, 0.2) is 24.3 Å². The predicted octanol–water partition coefficient (Wildman–Crippen LogP) is 3.39. The number of carbonyl (C=O) groups excluding carboxylic acids is 3. The normalized spacial score (nSPS) is 29.0. The Bertz CT molecular complexity index is 1010. The van der Waals surface area contributed by atoms with Gasteiger partial charge in [0.2, 0.25) is 17.7 Å². The first-order valence-electron chi connectivity index (χ1n) is 9.28. The Balaban J connectivity index is 1.36. The zero-order chi connectivity index (χ0) is 19.7. The molecule has 5 rings (SSSR count). The van der Waals surface area contributed by atoms with Gasteiger partial charge in [0, 0.05) is 5.02 Å². The minimum Gasteiger partial charge on any atom is -0.300 e. The fraction of sp³-hybridized carbons (Fsp3) is 0.400. The molecule has 0 unspecified atom stereocenters. The minimum atomic E-state index is -0.873. The average molecular weight is 416 g/mol. The standard InChI is InChI=1S/C20H18ClN3O3S/c1-8-5-14-13(7-12(8)21)22-20(28-14)23-17(25)9(2)24-18(26)15-10-3-4-11(6-10)16(15)19(24)27/h3-5,7,9-11,15-16H,6H2,1-2H3,(H,22,23,25)/t9-,10-,11-,15-,16+/m0/s1. The summed E-state index contributed by atoms with van der Waals surface area (Å²) in [4.78, 5) is 44.1. The molecule has 6 nitrogen and oxygen atoms in total. The number of thiazole rings is 1. The fourth-order valence-electron chi connectivity index (χ4n) is 4.74. The lowest BCUT2D eigenvalue weighted by Gasteiger charge is -2.23. The van der Waals surface area contributed by atoms with Crippen molar-refractivity contribution in [3.8, 4) is 0 Å². The van der Waals surface area contributed by atoms with Crippen molar-refractivity contribution in [1.82, 2.24) is 9.88 Å². The molecule has 8 heteroatoms. The van der Waals surface area contributed by atoms with Crippen LogP contribution in [0.5, 0.6) is 0 Å². The first kappa shape index (κ1) is 17.8. The predicted molar refractivity (Wildman–Crippen MR) is 107 cm³/mol. The van der Waals surface area contributed by atoms with Crippen LogP contribution in [0.3, 0.4) is 0 Å². The molecular formula is C20H18ClN3O3S. The molecule has 5 atom stereocenters. The average Bonchev–Trinajstić information content (AvgIpc) is 3.39. The van der Waals surface area contributed by atoms with Gasteiger partial charge in [-0.2, -0.15) is 0 Å². The van der Waals surface area contributed by atoms with E-state index in [9.17, 15) is 14.4 Å². The Morgan fingerprint density at radius 2 is 1.89 bits per heavy atom. The van der Waals surface area contributed by atoms with Crippen molar-refractivity contribution in [3.05, 3.63) is 34.9 Å². The topological polar surface area (TPSA) is 79.4 Å². The van der Waals surface area contributed by atoms with Crippen molar-refractivity contribution >= 4 is 56.0 Å². The highest BCUT2D eigenvalue weighted by Gasteiger charge is 2.60. The van der Waals surface area contributed by atoms with Crippen molar-refractivity contribution in [1.29, 1.82) is 0 Å². The summed E-state index contributed by atoms with van der Waals surface area (Å²) in [6.07, 6.45) is 4.95. The number of imide groups is 1. The van der Waals surface area contributed by atoms with Gasteiger partial charge in [0.1, 0.15) is 6.04 Å². The van der Waals surface area contributed by atoms with E-state index < -0.39 is 11.9 Å². The molecule has 2 heterocycles. The lowest BCUT2D eigenvalue weighted by atomic mass is 9.85. The molecule has 0 radical (unpaired) electrons. The van der Waals surface area contributed by atoms with Gasteiger partial charge < -0.3 is 5.32 Å². The molecule has 28 heavy (non-hydrogen) atoms. The number of benzene rings is 1. The van der Waals surface area contributed by atoms with Crippen LogP contribution in [-0.4, -0.2) is 33.6 Å². The van der Waals surface area contributed by atoms with Crippen LogP contribution >= 0.6 is 22.9 Å². The maximum absolute atomic E-state index is 12.9. The summed E-state index contributed by atoms with van der Waals surface area (Å²) in [7, 11) is 0. The number of hydrogen-bond acceptors (Lipinski definition) is 5. The van der Waals surface area contributed by atoms with Gasteiger partial charge in [-0.1, -0.05) is 35.1 Å². The number of fused-ring (bicyclic) bond motifs is 6. The molecule has 1 aromatic carbocycles. The molecule has 1 aliphatic heterocycles. The largest absolute Gasteiger partial charge is 0.300 e. The number of likely N-dealkylation sites (tertiary alicyclic amines) is 1. The zero-order valence-electron chi connectivity index (χ0n) is 15.3. The number of halogens is 1. The molecule has 1 aromatic heterocycles. The number of hydrogen-bond donors (Lipinski definition) is 1. The van der Waals surface area contributed by atoms with E-state index in [1.54, 1.807) is 13.0 Å². The highest BCUT2D eigenvalue weighted by Crippen LogP contribution is 2.52. The van der Waals surface area contributed by atoms with E-state index in [1.165, 1.54) is 11.3 Å². The number of carbonyl (C=O) groups is 3. The van der Waals surface area contributed by atoms with Gasteiger partial charge in [-0.25, -0.2) is 4.98 Å². The number of aromatic nitrogens is 1. The Morgan fingerprint density at radius 1 is 1.25 bits per heavy atom. The molecule has 1 saturated heterocycles. The van der Waals surface area contributed by atoms with E-state index in [0.29, 0.717) is 15.7 Å². The number of nitrogens with zero attached hydrogens (tertiary/aromatic N) is 2. The van der Waals surface area contributed by atoms with E-state index in [1.807, 2.05) is 25.1 Å². The quantitative estimate of drug-likeness (QED) is 0.615. The Kier molecular flexibility index (Phi) is 3.90. The number of anilines is 1. The number of amides is 3. The zero-order valence-corrected chi connectivity index (χ0v) is 16.9. The van der Waals surface area contributed by atoms with Crippen molar-refractivity contribution in [2.24, 2.45) is 23.7 Å². The fourth-order valence-corrected chi connectivity index (χ4v) is 5.84. The molecule has 1 saturated carbocycles. The van der Waals surface area contributed by atoms with Crippen LogP contribution in [-0.2, 0) is 14.4 Å². The summed E-state index contributed by atoms with van der Waals surface area (Å²) in [5.41, 5.74) is 1.64. The summed E-state index contributed by atoms with van der Waals surface area (Å²) in [6.45, 7) is 3.50. The summed E-state index contributed by atoms with van der Waals surface area (Å²) in [5.74, 6) is -1.20. The third-order valence-corrected chi connectivity index (χ3v) is 7.51. The van der Waals surface area contributed by atoms with Gasteiger partial charge in [0.15, 0.2) is 5.13 Å². The van der Waals surface area contributed by atoms with Crippen LogP contribution in [0.25, 0.3) is 10.2 Å². The first-order chi connectivity index (χ1) is 13.3. The molecule has 0 spiro atoms. The Morgan fingerprint density at radius 3 is 2.54 bits per heavy atom. The van der Waals surface area contributed by atoms with Gasteiger partial charge in [-0.3, -0.25) is 19.3 Å². The maximum atomic E-state index is 12.9. The SMILES string of the molecule is Cc1cc2sc(NC(=O)[C@H](C)N3C(=O)[C@@H]4[C@H](C3=O)[C@H]3C=C[C@H]4C3)nc2cc1Cl. The lowest BCUT2D eigenvalue weighted by Crippen LogP contribution is -2.46. The summed E-state index contributed by atoms with van der Waals surface area (Å²) in [5, 5.41) is 3.80. The third-order valence-electron chi connectivity index (χ3n) is 6.17. The number of allylic oxidation sites excluding steroid dienone is 2. The first-order valence-corrected chi connectivity index (χ1v) is 10.5. The van der Waals surface area contributed by atoms with E-state index in [2.05, 4.69) is 10.3 Å². The van der Waals surface area contributed by atoms with Crippen LogP contribution in [0.1, 0.15) is 18.9 Å². The maximum Gasteiger partial charge on any atom is 0.249 e. The van der Waals surface area contributed by atoms with Crippen LogP contribution in [0, 0.1) is 30.6 Å². The smallest absolute Gasteiger partial charge is 0.249 e. The summed E-state index contributed by atoms with van der Waals surface area (Å²) in [6, 6.07) is 2.81. The lowest BCUT2D eigenvalue weighted by molar-refractivity contribution is -0.146. The second-order valence-corrected chi connectivity index (χ2v) is 9.24. The molecule has 144 valence electrons. The van der Waals surface area contributed by atoms with Gasteiger partial charge in [-0.15, -0.1) is 0 Å². The minimum absolute atomic E-state index is 0.129. The van der Waals surface area contributed by atoms with Crippen LogP contribution < -0.4 is 5.32 Å². The van der Waals surface area contributed by atoms with Gasteiger partial charge in [-0.05, 0) is 49.8 Å². The third kappa shape index (κ3) is 2.46. The molecule has 3 aliphatic rings. The van der Waals surface area contributed by atoms with E-state index in [-0.39, 0.29) is 35.5 Å². The highest BCUT2D eigenvalue weighted by atomic mass is 35.5. The van der Waals surface area contributed by atoms with E-state index in [0.717, 1.165) is 21.6 Å². The second kappa shape index (κ2) is 6.12. The van der Waals surface area contributed by atoms with Crippen molar-refractivity contribution in [2.45, 2.75) is 26.3 Å². The van der Waals surface area contributed by atoms with Crippen molar-refractivity contribution < 1.29 is 14.4 Å². The summed E-state index contributed by atoms with van der Waals surface area (Å²) >= 11 is 7.47. The molecule has 2 bridgehead atoms. The Labute approximate surface area is 170 Å². The number of nitrogens with one attached hydrogen (secondary N) is 1. The molecule has 2 aromatic rings. The number of aryl methyl sites for hydroxylation is 1. The van der Waals surface area contributed by atoms with E-state index in [4.69, 9.17) is 11.6 Å². The molecule has 1 N–H and O–H groups in total. The van der Waals surface area contributed by atoms with Gasteiger partial charge in [0.25, 0.3) is 0 Å². The second-order valence-electron chi connectivity index (χ2n) is 7.80. The van der Waals surface area contributed by atoms with Crippen LogP contribution in [0.2, 0.25) is 5.02 Å². The monoisotopic (exact) mass is 415 g/mol. The highest BCUT2D eigenvalue weighted by molar-refractivity contribution is 7.22. The Hall–Kier alpha value is -2.25.